The molecule has 1 aromatic carbocycles. The van der Waals surface area contributed by atoms with Crippen LogP contribution in [-0.4, -0.2) is 33.5 Å². The van der Waals surface area contributed by atoms with Crippen molar-refractivity contribution in [2.45, 2.75) is 0 Å². The van der Waals surface area contributed by atoms with Gasteiger partial charge < -0.3 is 9.15 Å². The molecule has 0 saturated heterocycles. The lowest BCUT2D eigenvalue weighted by molar-refractivity contribution is 0.0564. The molecule has 0 fully saturated rings. The molecule has 0 aliphatic rings. The first-order chi connectivity index (χ1) is 11.3. The second kappa shape index (κ2) is 7.14. The van der Waals surface area contributed by atoms with Gasteiger partial charge in [0.1, 0.15) is 0 Å². The Bertz CT molecular complexity index is 878. The van der Waals surface area contributed by atoms with Crippen molar-refractivity contribution in [2.75, 3.05) is 18.1 Å². The Labute approximate surface area is 139 Å². The fourth-order valence-corrected chi connectivity index (χ4v) is 2.45. The van der Waals surface area contributed by atoms with Gasteiger partial charge in [0.2, 0.25) is 15.8 Å². The van der Waals surface area contributed by atoms with Gasteiger partial charge in [-0.05, 0) is 42.5 Å². The largest absolute Gasteiger partial charge is 0.463 e. The third-order valence-electron chi connectivity index (χ3n) is 2.95. The molecule has 0 spiro atoms. The molecule has 0 bridgehead atoms. The average molecular weight is 349 g/mol. The Hall–Kier alpha value is -2.87. The molecule has 1 N–H and O–H groups in total. The van der Waals surface area contributed by atoms with E-state index in [1.54, 1.807) is 0 Å². The van der Waals surface area contributed by atoms with Gasteiger partial charge in [-0.1, -0.05) is 0 Å². The molecule has 0 saturated carbocycles. The highest BCUT2D eigenvalue weighted by atomic mass is 32.2. The van der Waals surface area contributed by atoms with Crippen LogP contribution >= 0.6 is 0 Å². The van der Waals surface area contributed by atoms with Gasteiger partial charge in [-0.3, -0.25) is 9.52 Å². The summed E-state index contributed by atoms with van der Waals surface area (Å²) >= 11 is 0. The Balaban J connectivity index is 2.13. The van der Waals surface area contributed by atoms with Gasteiger partial charge >= 0.3 is 5.97 Å². The summed E-state index contributed by atoms with van der Waals surface area (Å²) in [6, 6.07) is 7.50. The predicted octanol–water partition coefficient (Wildman–Crippen LogP) is 2.33. The molecule has 126 valence electrons. The van der Waals surface area contributed by atoms with Crippen LogP contribution in [-0.2, 0) is 14.8 Å². The van der Waals surface area contributed by atoms with Crippen LogP contribution in [0, 0.1) is 0 Å². The highest BCUT2D eigenvalue weighted by Gasteiger charge is 2.14. The quantitative estimate of drug-likeness (QED) is 0.488. The molecule has 24 heavy (non-hydrogen) atoms. The highest BCUT2D eigenvalue weighted by molar-refractivity contribution is 7.92. The summed E-state index contributed by atoms with van der Waals surface area (Å²) in [6.45, 7) is 0. The lowest BCUT2D eigenvalue weighted by Crippen LogP contribution is -2.09. The van der Waals surface area contributed by atoms with Crippen LogP contribution in [0.2, 0.25) is 0 Å². The molecule has 0 unspecified atom stereocenters. The summed E-state index contributed by atoms with van der Waals surface area (Å²) in [7, 11) is -2.14. The van der Waals surface area contributed by atoms with Gasteiger partial charge in [0.05, 0.1) is 19.6 Å². The molecule has 7 nitrogen and oxygen atoms in total. The zero-order chi connectivity index (χ0) is 17.7. The number of anilines is 1. The van der Waals surface area contributed by atoms with Crippen molar-refractivity contribution in [2.24, 2.45) is 0 Å². The van der Waals surface area contributed by atoms with Crippen molar-refractivity contribution >= 4 is 33.5 Å². The lowest BCUT2D eigenvalue weighted by atomic mass is 10.1. The first kappa shape index (κ1) is 17.5. The number of esters is 1. The number of methoxy groups -OCH3 is 1. The van der Waals surface area contributed by atoms with Gasteiger partial charge in [-0.15, -0.1) is 0 Å². The summed E-state index contributed by atoms with van der Waals surface area (Å²) in [4.78, 5) is 23.6. The van der Waals surface area contributed by atoms with E-state index in [4.69, 9.17) is 4.42 Å². The van der Waals surface area contributed by atoms with Crippen molar-refractivity contribution in [1.29, 1.82) is 0 Å². The van der Waals surface area contributed by atoms with Crippen molar-refractivity contribution in [3.05, 3.63) is 59.6 Å². The fourth-order valence-electron chi connectivity index (χ4n) is 1.89. The third-order valence-corrected chi connectivity index (χ3v) is 3.56. The first-order valence-electron chi connectivity index (χ1n) is 6.76. The van der Waals surface area contributed by atoms with E-state index in [0.717, 1.165) is 6.26 Å². The maximum atomic E-state index is 12.1. The van der Waals surface area contributed by atoms with Crippen LogP contribution in [0.4, 0.5) is 5.69 Å². The second-order valence-electron chi connectivity index (χ2n) is 4.85. The SMILES string of the molecule is COC(=O)c1occc1C=CC(=O)c1ccc(NS(C)(=O)=O)cc1. The number of furan rings is 1. The summed E-state index contributed by atoms with van der Waals surface area (Å²) in [6.07, 6.45) is 5.09. The van der Waals surface area contributed by atoms with Gasteiger partial charge in [0.25, 0.3) is 0 Å². The van der Waals surface area contributed by atoms with Crippen LogP contribution in [0.15, 0.2) is 47.1 Å². The van der Waals surface area contributed by atoms with Gasteiger partial charge in [0.15, 0.2) is 5.78 Å². The number of nitrogens with one attached hydrogen (secondary N) is 1. The minimum atomic E-state index is -3.37. The predicted molar refractivity (Wildman–Crippen MR) is 88.3 cm³/mol. The average Bonchev–Trinajstić information content (AvgIpc) is 2.99. The van der Waals surface area contributed by atoms with Crippen molar-refractivity contribution in [1.82, 2.24) is 0 Å². The standard InChI is InChI=1S/C16H15NO6S/c1-22-16(19)15-12(9-10-23-15)5-8-14(18)11-3-6-13(7-4-11)17-24(2,20)21/h3-10,17H,1-2H3. The van der Waals surface area contributed by atoms with E-state index in [-0.39, 0.29) is 11.5 Å². The van der Waals surface area contributed by atoms with E-state index in [9.17, 15) is 18.0 Å². The number of carbonyl (C=O) groups is 2. The minimum absolute atomic E-state index is 0.00857. The van der Waals surface area contributed by atoms with Crippen molar-refractivity contribution in [3.63, 3.8) is 0 Å². The highest BCUT2D eigenvalue weighted by Crippen LogP contribution is 2.15. The third kappa shape index (κ3) is 4.56. The molecule has 8 heteroatoms. The maximum absolute atomic E-state index is 12.1. The van der Waals surface area contributed by atoms with E-state index < -0.39 is 16.0 Å². The molecule has 0 amide bonds. The molecule has 1 heterocycles. The van der Waals surface area contributed by atoms with Crippen LogP contribution in [0.3, 0.4) is 0 Å². The summed E-state index contributed by atoms with van der Waals surface area (Å²) in [5.74, 6) is -0.935. The molecule has 0 radical (unpaired) electrons. The Morgan fingerprint density at radius 3 is 2.42 bits per heavy atom. The second-order valence-corrected chi connectivity index (χ2v) is 6.59. The number of allylic oxidation sites excluding steroid dienone is 1. The molecule has 0 atom stereocenters. The molecule has 2 rings (SSSR count). The number of carbonyl (C=O) groups excluding carboxylic acids is 2. The maximum Gasteiger partial charge on any atom is 0.374 e. The summed E-state index contributed by atoms with van der Waals surface area (Å²) < 4.78 is 34.2. The van der Waals surface area contributed by atoms with E-state index in [1.165, 1.54) is 55.9 Å². The fraction of sp³-hybridized carbons (Fsp3) is 0.125. The summed E-state index contributed by atoms with van der Waals surface area (Å²) in [5.41, 5.74) is 1.15. The minimum Gasteiger partial charge on any atom is -0.463 e. The Morgan fingerprint density at radius 1 is 1.17 bits per heavy atom. The number of hydrogen-bond acceptors (Lipinski definition) is 6. The normalized spacial score (nSPS) is 11.4. The number of ketones is 1. The number of sulfonamides is 1. The molecule has 0 aliphatic carbocycles. The number of ether oxygens (including phenoxy) is 1. The molecule has 0 aliphatic heterocycles. The van der Waals surface area contributed by atoms with Crippen molar-refractivity contribution in [3.8, 4) is 0 Å². The Kier molecular flexibility index (Phi) is 5.20. The van der Waals surface area contributed by atoms with E-state index in [1.807, 2.05) is 0 Å². The smallest absolute Gasteiger partial charge is 0.374 e. The van der Waals surface area contributed by atoms with Crippen LogP contribution < -0.4 is 4.72 Å². The lowest BCUT2D eigenvalue weighted by Gasteiger charge is -2.03. The molecular formula is C16H15NO6S. The summed E-state index contributed by atoms with van der Waals surface area (Å²) in [5, 5.41) is 0. The topological polar surface area (TPSA) is 103 Å². The van der Waals surface area contributed by atoms with Crippen molar-refractivity contribution < 1.29 is 27.2 Å². The van der Waals surface area contributed by atoms with Crippen LogP contribution in [0.5, 0.6) is 0 Å². The monoisotopic (exact) mass is 349 g/mol. The first-order valence-corrected chi connectivity index (χ1v) is 8.65. The zero-order valence-corrected chi connectivity index (χ0v) is 13.8. The van der Waals surface area contributed by atoms with Gasteiger partial charge in [-0.25, -0.2) is 13.2 Å². The van der Waals surface area contributed by atoms with E-state index in [0.29, 0.717) is 16.8 Å². The Morgan fingerprint density at radius 2 is 1.83 bits per heavy atom. The van der Waals surface area contributed by atoms with Gasteiger partial charge in [-0.2, -0.15) is 0 Å². The number of rotatable bonds is 6. The zero-order valence-electron chi connectivity index (χ0n) is 13.0. The van der Waals surface area contributed by atoms with E-state index in [2.05, 4.69) is 9.46 Å². The van der Waals surface area contributed by atoms with Crippen LogP contribution in [0.1, 0.15) is 26.5 Å². The molecule has 1 aromatic heterocycles. The molecule has 2 aromatic rings. The van der Waals surface area contributed by atoms with Crippen LogP contribution in [0.25, 0.3) is 6.08 Å². The molecular weight excluding hydrogens is 334 g/mol. The van der Waals surface area contributed by atoms with E-state index >= 15 is 0 Å². The number of benzene rings is 1. The van der Waals surface area contributed by atoms with Gasteiger partial charge in [0, 0.05) is 16.8 Å². The number of hydrogen-bond donors (Lipinski definition) is 1.